The smallest absolute Gasteiger partial charge is 0.290 e. The van der Waals surface area contributed by atoms with E-state index in [4.69, 9.17) is 4.42 Å². The Morgan fingerprint density at radius 2 is 1.66 bits per heavy atom. The van der Waals surface area contributed by atoms with Crippen LogP contribution in [-0.2, 0) is 0 Å². The highest BCUT2D eigenvalue weighted by Gasteiger charge is 2.32. The number of Topliss-reactive ketones (excluding diaryl/α,β-unsaturated/α-hetero) is 1. The second kappa shape index (κ2) is 8.05. The molecule has 1 aromatic heterocycles. The molecule has 1 aliphatic heterocycles. The van der Waals surface area contributed by atoms with Crippen LogP contribution in [-0.4, -0.2) is 48.2 Å². The van der Waals surface area contributed by atoms with Crippen LogP contribution in [0.25, 0.3) is 11.3 Å². The summed E-state index contributed by atoms with van der Waals surface area (Å²) in [6.45, 7) is 3.81. The van der Waals surface area contributed by atoms with Gasteiger partial charge in [-0.05, 0) is 31.7 Å². The summed E-state index contributed by atoms with van der Waals surface area (Å²) in [4.78, 5) is 28.8. The van der Waals surface area contributed by atoms with E-state index in [0.717, 1.165) is 24.2 Å². The minimum absolute atomic E-state index is 0.00847. The van der Waals surface area contributed by atoms with Crippen LogP contribution in [0.4, 0.5) is 0 Å². The molecule has 1 amide bonds. The highest BCUT2D eigenvalue weighted by molar-refractivity contribution is 5.94. The predicted octanol–water partition coefficient (Wildman–Crippen LogP) is 4.28. The van der Waals surface area contributed by atoms with Crippen molar-refractivity contribution in [3.8, 4) is 11.3 Å². The maximum absolute atomic E-state index is 13.2. The fourth-order valence-electron chi connectivity index (χ4n) is 3.74. The van der Waals surface area contributed by atoms with Gasteiger partial charge in [0.25, 0.3) is 5.91 Å². The Morgan fingerprint density at radius 3 is 2.34 bits per heavy atom. The molecule has 0 aliphatic carbocycles. The molecule has 4 rings (SSSR count). The van der Waals surface area contributed by atoms with Gasteiger partial charge < -0.3 is 14.2 Å². The second-order valence-electron chi connectivity index (χ2n) is 7.48. The summed E-state index contributed by atoms with van der Waals surface area (Å²) in [6, 6.07) is 20.9. The lowest BCUT2D eigenvalue weighted by molar-refractivity contribution is 0.0468. The fraction of sp³-hybridized carbons (Fsp3) is 0.250. The maximum atomic E-state index is 13.2. The monoisotopic (exact) mass is 388 g/mol. The van der Waals surface area contributed by atoms with Gasteiger partial charge in [0.2, 0.25) is 0 Å². The van der Waals surface area contributed by atoms with Gasteiger partial charge in [-0.1, -0.05) is 54.6 Å². The number of nitrogens with zero attached hydrogens (tertiary/aromatic N) is 2. The van der Waals surface area contributed by atoms with Crippen molar-refractivity contribution >= 4 is 11.7 Å². The van der Waals surface area contributed by atoms with Crippen molar-refractivity contribution in [1.82, 2.24) is 9.80 Å². The Labute approximate surface area is 170 Å². The molecule has 0 unspecified atom stereocenters. The summed E-state index contributed by atoms with van der Waals surface area (Å²) in [6.07, 6.45) is 0. The van der Waals surface area contributed by atoms with Crippen LogP contribution in [0.5, 0.6) is 0 Å². The molecule has 0 saturated carbocycles. The summed E-state index contributed by atoms with van der Waals surface area (Å²) >= 11 is 0. The third-order valence-corrected chi connectivity index (χ3v) is 5.42. The Morgan fingerprint density at radius 1 is 0.931 bits per heavy atom. The minimum atomic E-state index is -0.0986. The molecular weight excluding hydrogens is 364 g/mol. The van der Waals surface area contributed by atoms with Crippen LogP contribution < -0.4 is 0 Å². The number of amides is 1. The quantitative estimate of drug-likeness (QED) is 0.626. The van der Waals surface area contributed by atoms with Crippen molar-refractivity contribution in [2.24, 2.45) is 0 Å². The lowest BCUT2D eigenvalue weighted by Gasteiger charge is -2.40. The van der Waals surface area contributed by atoms with E-state index in [1.165, 1.54) is 6.92 Å². The Balaban J connectivity index is 1.58. The SMILES string of the molecule is CC(=O)c1ccc(-c2ccc(C(=O)N3CCN(C)C[C@H]3c3ccccc3)o2)cc1. The van der Waals surface area contributed by atoms with Crippen LogP contribution >= 0.6 is 0 Å². The lowest BCUT2D eigenvalue weighted by atomic mass is 10.0. The van der Waals surface area contributed by atoms with Gasteiger partial charge in [0.05, 0.1) is 6.04 Å². The van der Waals surface area contributed by atoms with Crippen molar-refractivity contribution in [2.45, 2.75) is 13.0 Å². The van der Waals surface area contributed by atoms with E-state index < -0.39 is 0 Å². The molecule has 2 heterocycles. The molecule has 148 valence electrons. The zero-order valence-electron chi connectivity index (χ0n) is 16.7. The first-order chi connectivity index (χ1) is 14.0. The summed E-state index contributed by atoms with van der Waals surface area (Å²) in [7, 11) is 2.08. The number of likely N-dealkylation sites (N-methyl/N-ethyl adjacent to an activating group) is 1. The van der Waals surface area contributed by atoms with E-state index >= 15 is 0 Å². The van der Waals surface area contributed by atoms with Gasteiger partial charge in [-0.2, -0.15) is 0 Å². The number of furan rings is 1. The van der Waals surface area contributed by atoms with Crippen molar-refractivity contribution in [3.05, 3.63) is 83.6 Å². The molecule has 0 N–H and O–H groups in total. The van der Waals surface area contributed by atoms with Crippen LogP contribution in [0.1, 0.15) is 39.4 Å². The van der Waals surface area contributed by atoms with Crippen molar-refractivity contribution < 1.29 is 14.0 Å². The molecule has 1 fully saturated rings. The van der Waals surface area contributed by atoms with Crippen LogP contribution in [0.2, 0.25) is 0 Å². The van der Waals surface area contributed by atoms with E-state index in [9.17, 15) is 9.59 Å². The Bertz CT molecular complexity index is 1010. The molecule has 1 atom stereocenters. The van der Waals surface area contributed by atoms with Gasteiger partial charge in [0.1, 0.15) is 5.76 Å². The van der Waals surface area contributed by atoms with E-state index in [2.05, 4.69) is 24.1 Å². The largest absolute Gasteiger partial charge is 0.451 e. The number of carbonyl (C=O) groups is 2. The average Bonchev–Trinajstić information content (AvgIpc) is 3.24. The van der Waals surface area contributed by atoms with Crippen LogP contribution in [0.3, 0.4) is 0 Å². The first-order valence-electron chi connectivity index (χ1n) is 9.78. The minimum Gasteiger partial charge on any atom is -0.451 e. The summed E-state index contributed by atoms with van der Waals surface area (Å²) < 4.78 is 5.91. The number of carbonyl (C=O) groups excluding carboxylic acids is 2. The fourth-order valence-corrected chi connectivity index (χ4v) is 3.74. The Kier molecular flexibility index (Phi) is 5.32. The molecule has 0 spiro atoms. The number of hydrogen-bond donors (Lipinski definition) is 0. The van der Waals surface area contributed by atoms with Crippen molar-refractivity contribution in [3.63, 3.8) is 0 Å². The maximum Gasteiger partial charge on any atom is 0.290 e. The third kappa shape index (κ3) is 4.00. The molecule has 1 aliphatic rings. The highest BCUT2D eigenvalue weighted by atomic mass is 16.4. The number of ketones is 1. The van der Waals surface area contributed by atoms with Gasteiger partial charge in [0.15, 0.2) is 11.5 Å². The molecule has 1 saturated heterocycles. The Hall–Kier alpha value is -3.18. The first kappa shape index (κ1) is 19.2. The van der Waals surface area contributed by atoms with Gasteiger partial charge in [-0.3, -0.25) is 9.59 Å². The predicted molar refractivity (Wildman–Crippen MR) is 112 cm³/mol. The molecule has 2 aromatic carbocycles. The zero-order valence-corrected chi connectivity index (χ0v) is 16.7. The summed E-state index contributed by atoms with van der Waals surface area (Å²) in [5, 5.41) is 0. The molecule has 5 nitrogen and oxygen atoms in total. The van der Waals surface area contributed by atoms with Gasteiger partial charge >= 0.3 is 0 Å². The van der Waals surface area contributed by atoms with Crippen LogP contribution in [0.15, 0.2) is 71.1 Å². The molecule has 0 bridgehead atoms. The van der Waals surface area contributed by atoms with Gasteiger partial charge in [-0.15, -0.1) is 0 Å². The van der Waals surface area contributed by atoms with E-state index in [0.29, 0.717) is 23.6 Å². The van der Waals surface area contributed by atoms with Crippen molar-refractivity contribution in [2.75, 3.05) is 26.7 Å². The zero-order chi connectivity index (χ0) is 20.4. The summed E-state index contributed by atoms with van der Waals surface area (Å²) in [5.41, 5.74) is 2.62. The second-order valence-corrected chi connectivity index (χ2v) is 7.48. The van der Waals surface area contributed by atoms with Gasteiger partial charge in [0, 0.05) is 30.8 Å². The number of hydrogen-bond acceptors (Lipinski definition) is 4. The normalized spacial score (nSPS) is 17.3. The standard InChI is InChI=1S/C24H24N2O3/c1-17(27)18-8-10-20(11-9-18)22-12-13-23(29-22)24(28)26-15-14-25(2)16-21(26)19-6-4-3-5-7-19/h3-13,21H,14-16H2,1-2H3/t21-/m0/s1. The number of piperazine rings is 1. The molecule has 3 aromatic rings. The lowest BCUT2D eigenvalue weighted by Crippen LogP contribution is -2.49. The van der Waals surface area contributed by atoms with Gasteiger partial charge in [-0.25, -0.2) is 0 Å². The molecule has 5 heteroatoms. The molecular formula is C24H24N2O3. The average molecular weight is 388 g/mol. The third-order valence-electron chi connectivity index (χ3n) is 5.42. The van der Waals surface area contributed by atoms with E-state index in [-0.39, 0.29) is 17.7 Å². The topological polar surface area (TPSA) is 53.8 Å². The summed E-state index contributed by atoms with van der Waals surface area (Å²) in [5.74, 6) is 0.877. The molecule has 0 radical (unpaired) electrons. The first-order valence-corrected chi connectivity index (χ1v) is 9.78. The van der Waals surface area contributed by atoms with Crippen LogP contribution in [0, 0.1) is 0 Å². The van der Waals surface area contributed by atoms with Crippen molar-refractivity contribution in [1.29, 1.82) is 0 Å². The van der Waals surface area contributed by atoms with E-state index in [1.54, 1.807) is 18.2 Å². The highest BCUT2D eigenvalue weighted by Crippen LogP contribution is 2.29. The number of benzene rings is 2. The van der Waals surface area contributed by atoms with E-state index in [1.807, 2.05) is 41.3 Å². The number of rotatable bonds is 4. The molecule has 29 heavy (non-hydrogen) atoms.